The summed E-state index contributed by atoms with van der Waals surface area (Å²) in [6, 6.07) is 0.506. The quantitative estimate of drug-likeness (QED) is 0.332. The van der Waals surface area contributed by atoms with E-state index < -0.39 is 0 Å². The smallest absolute Gasteiger partial charge is 0.194 e. The molecule has 0 radical (unpaired) electrons. The topological polar surface area (TPSA) is 27.6 Å². The first-order chi connectivity index (χ1) is 7.15. The molecule has 0 unspecified atom stereocenters. The van der Waals surface area contributed by atoms with Crippen molar-refractivity contribution in [3.8, 4) is 0 Å². The molecule has 1 fully saturated rings. The fraction of sp³-hybridized carbons (Fsp3) is 0.636. The van der Waals surface area contributed by atoms with E-state index in [1.165, 1.54) is 12.8 Å². The molecule has 0 saturated heterocycles. The van der Waals surface area contributed by atoms with Crippen LogP contribution in [0.3, 0.4) is 0 Å². The summed E-state index contributed by atoms with van der Waals surface area (Å²) >= 11 is 5.16. The Bertz CT molecular complexity index is 309. The zero-order chi connectivity index (χ0) is 10.8. The van der Waals surface area contributed by atoms with Crippen LogP contribution in [0.25, 0.3) is 0 Å². The minimum Gasteiger partial charge on any atom is -0.369 e. The summed E-state index contributed by atoms with van der Waals surface area (Å²) in [5, 5.41) is 3.93. The van der Waals surface area contributed by atoms with Gasteiger partial charge in [-0.05, 0) is 36.9 Å². The third kappa shape index (κ3) is 2.56. The number of allylic oxidation sites excluding steroid dienone is 1. The Kier molecular flexibility index (Phi) is 3.05. The van der Waals surface area contributed by atoms with Crippen LogP contribution in [0.2, 0.25) is 0 Å². The van der Waals surface area contributed by atoms with E-state index in [9.17, 15) is 0 Å². The second kappa shape index (κ2) is 4.31. The van der Waals surface area contributed by atoms with Crippen molar-refractivity contribution < 1.29 is 0 Å². The monoisotopic (exact) mass is 223 g/mol. The fourth-order valence-corrected chi connectivity index (χ4v) is 2.51. The van der Waals surface area contributed by atoms with E-state index in [0.29, 0.717) is 17.1 Å². The summed E-state index contributed by atoms with van der Waals surface area (Å²) in [4.78, 5) is 6.05. The third-order valence-corrected chi connectivity index (χ3v) is 3.22. The minimum absolute atomic E-state index is 0.506. The number of aliphatic imine (C=N–C) groups is 1. The number of fused-ring (bicyclic) bond motifs is 2. The highest BCUT2D eigenvalue weighted by molar-refractivity contribution is 7.80. The number of nitrogens with zero attached hydrogens (tertiary/aromatic N) is 2. The van der Waals surface area contributed by atoms with Gasteiger partial charge in [0.1, 0.15) is 0 Å². The summed E-state index contributed by atoms with van der Waals surface area (Å²) in [7, 11) is 3.87. The lowest BCUT2D eigenvalue weighted by molar-refractivity contribution is 0.525. The van der Waals surface area contributed by atoms with E-state index >= 15 is 0 Å². The van der Waals surface area contributed by atoms with Gasteiger partial charge in [-0.25, -0.2) is 4.99 Å². The van der Waals surface area contributed by atoms with Gasteiger partial charge in [-0.2, -0.15) is 0 Å². The molecule has 1 saturated carbocycles. The molecule has 0 aromatic heterocycles. The maximum absolute atomic E-state index is 5.16. The number of nitrogens with one attached hydrogen (secondary N) is 1. The first-order valence-corrected chi connectivity index (χ1v) is 5.75. The van der Waals surface area contributed by atoms with Crippen molar-refractivity contribution in [1.82, 2.24) is 10.2 Å². The van der Waals surface area contributed by atoms with E-state index in [0.717, 1.165) is 5.92 Å². The van der Waals surface area contributed by atoms with Crippen LogP contribution >= 0.6 is 12.2 Å². The van der Waals surface area contributed by atoms with Gasteiger partial charge in [0.15, 0.2) is 5.11 Å². The van der Waals surface area contributed by atoms with Crippen molar-refractivity contribution in [2.75, 3.05) is 14.1 Å². The Hall–Kier alpha value is -0.900. The third-order valence-electron chi connectivity index (χ3n) is 2.99. The molecule has 0 aromatic carbocycles. The van der Waals surface area contributed by atoms with Gasteiger partial charge in [-0.15, -0.1) is 0 Å². The second-order valence-corrected chi connectivity index (χ2v) is 4.93. The molecule has 2 rings (SSSR count). The van der Waals surface area contributed by atoms with Crippen LogP contribution in [0.4, 0.5) is 0 Å². The molecule has 15 heavy (non-hydrogen) atoms. The number of hydrogen-bond donors (Lipinski definition) is 1. The van der Waals surface area contributed by atoms with E-state index in [1.807, 2.05) is 19.0 Å². The highest BCUT2D eigenvalue weighted by Gasteiger charge is 2.35. The summed E-state index contributed by atoms with van der Waals surface area (Å²) < 4.78 is 0. The molecule has 0 aliphatic heterocycles. The van der Waals surface area contributed by atoms with Crippen LogP contribution in [0, 0.1) is 11.8 Å². The Morgan fingerprint density at radius 1 is 1.47 bits per heavy atom. The molecule has 0 aromatic rings. The first kappa shape index (κ1) is 10.6. The highest BCUT2D eigenvalue weighted by atomic mass is 32.1. The van der Waals surface area contributed by atoms with E-state index in [-0.39, 0.29) is 0 Å². The van der Waals surface area contributed by atoms with Gasteiger partial charge < -0.3 is 10.2 Å². The largest absolute Gasteiger partial charge is 0.369 e. The molecular weight excluding hydrogens is 206 g/mol. The second-order valence-electron chi connectivity index (χ2n) is 4.54. The van der Waals surface area contributed by atoms with Gasteiger partial charge in [-0.1, -0.05) is 12.2 Å². The molecule has 3 nitrogen and oxygen atoms in total. The Balaban J connectivity index is 1.83. The molecule has 3 atom stereocenters. The van der Waals surface area contributed by atoms with Crippen molar-refractivity contribution in [2.45, 2.75) is 18.9 Å². The lowest BCUT2D eigenvalue weighted by atomic mass is 10.0. The molecule has 2 aliphatic carbocycles. The maximum atomic E-state index is 5.16. The van der Waals surface area contributed by atoms with Gasteiger partial charge in [-0.3, -0.25) is 0 Å². The fourth-order valence-electron chi connectivity index (χ4n) is 2.31. The van der Waals surface area contributed by atoms with Crippen LogP contribution in [-0.4, -0.2) is 36.5 Å². The summed E-state index contributed by atoms with van der Waals surface area (Å²) in [6.07, 6.45) is 8.87. The molecule has 0 amide bonds. The molecule has 4 heteroatoms. The normalized spacial score (nSPS) is 32.5. The zero-order valence-corrected chi connectivity index (χ0v) is 10.00. The van der Waals surface area contributed by atoms with Crippen molar-refractivity contribution in [2.24, 2.45) is 16.8 Å². The van der Waals surface area contributed by atoms with Crippen LogP contribution < -0.4 is 5.32 Å². The van der Waals surface area contributed by atoms with Crippen molar-refractivity contribution in [3.63, 3.8) is 0 Å². The number of hydrogen-bond acceptors (Lipinski definition) is 1. The Morgan fingerprint density at radius 2 is 2.27 bits per heavy atom. The van der Waals surface area contributed by atoms with Crippen LogP contribution in [0.15, 0.2) is 17.1 Å². The number of rotatable bonds is 2. The first-order valence-electron chi connectivity index (χ1n) is 5.34. The molecule has 1 N–H and O–H groups in total. The number of thiocarbonyl (C=S) groups is 1. The predicted octanol–water partition coefficient (Wildman–Crippen LogP) is 1.42. The SMILES string of the molecule is CN(C)C=NC(=S)N[C@H]1C[C@H]2C=C[C@H]1C2. The van der Waals surface area contributed by atoms with Crippen molar-refractivity contribution in [3.05, 3.63) is 12.2 Å². The van der Waals surface area contributed by atoms with E-state index in [1.54, 1.807) is 6.34 Å². The minimum atomic E-state index is 0.506. The average molecular weight is 223 g/mol. The van der Waals surface area contributed by atoms with E-state index in [4.69, 9.17) is 12.2 Å². The molecular formula is C11H17N3S. The molecule has 2 bridgehead atoms. The lowest BCUT2D eigenvalue weighted by Gasteiger charge is -2.19. The summed E-state index contributed by atoms with van der Waals surface area (Å²) in [6.45, 7) is 0. The van der Waals surface area contributed by atoms with Crippen LogP contribution in [0.1, 0.15) is 12.8 Å². The lowest BCUT2D eigenvalue weighted by Crippen LogP contribution is -2.36. The van der Waals surface area contributed by atoms with Crippen LogP contribution in [0.5, 0.6) is 0 Å². The maximum Gasteiger partial charge on any atom is 0.194 e. The zero-order valence-electron chi connectivity index (χ0n) is 9.18. The van der Waals surface area contributed by atoms with Gasteiger partial charge in [0, 0.05) is 20.1 Å². The summed E-state index contributed by atoms with van der Waals surface area (Å²) in [5.74, 6) is 1.44. The van der Waals surface area contributed by atoms with Crippen molar-refractivity contribution in [1.29, 1.82) is 0 Å². The van der Waals surface area contributed by atoms with E-state index in [2.05, 4.69) is 22.5 Å². The van der Waals surface area contributed by atoms with Crippen LogP contribution in [-0.2, 0) is 0 Å². The average Bonchev–Trinajstić information content (AvgIpc) is 2.76. The highest BCUT2D eigenvalue weighted by Crippen LogP contribution is 2.38. The molecule has 82 valence electrons. The standard InChI is InChI=1S/C11H17N3S/c1-14(2)7-12-11(15)13-10-6-8-3-4-9(10)5-8/h3-4,7-10H,5-6H2,1-2H3,(H,13,15)/t8-,9-,10-/m0/s1. The van der Waals surface area contributed by atoms with Gasteiger partial charge in [0.05, 0.1) is 6.34 Å². The van der Waals surface area contributed by atoms with Gasteiger partial charge in [0.2, 0.25) is 0 Å². The van der Waals surface area contributed by atoms with Gasteiger partial charge >= 0.3 is 0 Å². The van der Waals surface area contributed by atoms with Crippen molar-refractivity contribution >= 4 is 23.7 Å². The van der Waals surface area contributed by atoms with Gasteiger partial charge in [0.25, 0.3) is 0 Å². The molecule has 2 aliphatic rings. The predicted molar refractivity (Wildman–Crippen MR) is 67.1 cm³/mol. The molecule has 0 spiro atoms. The Morgan fingerprint density at radius 3 is 2.80 bits per heavy atom. The Labute approximate surface area is 96.3 Å². The molecule has 0 heterocycles. The summed E-state index contributed by atoms with van der Waals surface area (Å²) in [5.41, 5.74) is 0.